The Morgan fingerprint density at radius 2 is 0.923 bits per heavy atom. The van der Waals surface area contributed by atoms with E-state index in [0.29, 0.717) is 13.2 Å². The van der Waals surface area contributed by atoms with Crippen molar-refractivity contribution >= 4 is 5.97 Å². The molecule has 10 atom stereocenters. The highest BCUT2D eigenvalue weighted by Gasteiger charge is 2.54. The van der Waals surface area contributed by atoms with Crippen molar-refractivity contribution in [1.82, 2.24) is 0 Å². The fourth-order valence-corrected chi connectivity index (χ4v) is 8.14. The molecule has 0 aliphatic carbocycles. The summed E-state index contributed by atoms with van der Waals surface area (Å²) in [5.74, 6) is -0.516. The Morgan fingerprint density at radius 3 is 1.40 bits per heavy atom. The van der Waals surface area contributed by atoms with Crippen molar-refractivity contribution in [2.45, 2.75) is 134 Å². The highest BCUT2D eigenvalue weighted by molar-refractivity contribution is 5.66. The highest BCUT2D eigenvalue weighted by atomic mass is 16.8. The molecular formula is C54H64O11. The lowest BCUT2D eigenvalue weighted by molar-refractivity contribution is -0.372. The number of rotatable bonds is 24. The summed E-state index contributed by atoms with van der Waals surface area (Å²) in [5.41, 5.74) is 4.89. The number of ether oxygens (including phenoxy) is 10. The van der Waals surface area contributed by atoms with Crippen LogP contribution in [0.4, 0.5) is 0 Å². The van der Waals surface area contributed by atoms with Gasteiger partial charge >= 0.3 is 5.97 Å². The molecule has 0 N–H and O–H groups in total. The van der Waals surface area contributed by atoms with E-state index < -0.39 is 67.4 Å². The molecule has 0 bridgehead atoms. The van der Waals surface area contributed by atoms with Crippen LogP contribution in [0.15, 0.2) is 152 Å². The first-order valence-electron chi connectivity index (χ1n) is 22.9. The van der Waals surface area contributed by atoms with E-state index >= 15 is 0 Å². The summed E-state index contributed by atoms with van der Waals surface area (Å²) in [6.07, 6.45) is -5.54. The van der Waals surface area contributed by atoms with E-state index in [9.17, 15) is 4.79 Å². The smallest absolute Gasteiger partial charge is 0.303 e. The molecule has 2 aliphatic heterocycles. The Morgan fingerprint density at radius 1 is 0.477 bits per heavy atom. The first-order chi connectivity index (χ1) is 31.9. The van der Waals surface area contributed by atoms with Gasteiger partial charge in [0.25, 0.3) is 0 Å². The first kappa shape index (κ1) is 48.2. The lowest BCUT2D eigenvalue weighted by Gasteiger charge is -2.49. The van der Waals surface area contributed by atoms with E-state index in [4.69, 9.17) is 47.4 Å². The minimum Gasteiger partial charge on any atom is -0.454 e. The average Bonchev–Trinajstić information content (AvgIpc) is 3.33. The summed E-state index contributed by atoms with van der Waals surface area (Å²) in [7, 11) is 0. The maximum atomic E-state index is 13.0. The van der Waals surface area contributed by atoms with Crippen molar-refractivity contribution in [3.05, 3.63) is 179 Å². The number of hydrogen-bond donors (Lipinski definition) is 0. The summed E-state index contributed by atoms with van der Waals surface area (Å²) < 4.78 is 67.4. The van der Waals surface area contributed by atoms with Crippen LogP contribution in [0.5, 0.6) is 0 Å². The molecule has 0 amide bonds. The topological polar surface area (TPSA) is 109 Å². The standard InChI is InChI=1S/C54H64O11/c1-4-5-21-32-57-53-52(63-40(3)55)50(47(39(2)62-53)58-34-42-24-13-7-14-25-42)65-54-51(61-37-45-30-19-10-20-31-45)49(60-36-44-28-17-9-18-29-44)48(59-35-43-26-15-8-16-27-43)46(64-54)38-56-33-41-22-11-6-12-23-41/h6-20,22-31,39,46-54H,4-5,21,32-38H2,1-3H3/t39-,46+,47-,48+,49-,50+,51+,52+,53-,54+/m0/s1. The lowest BCUT2D eigenvalue weighted by Crippen LogP contribution is -2.66. The largest absolute Gasteiger partial charge is 0.454 e. The second kappa shape index (κ2) is 25.8. The number of benzene rings is 5. The van der Waals surface area contributed by atoms with Crippen molar-refractivity contribution in [2.24, 2.45) is 0 Å². The van der Waals surface area contributed by atoms with Crippen LogP contribution in [0.2, 0.25) is 0 Å². The SMILES string of the molecule is CCCCCO[C@H]1O[C@@H](C)[C@H](OCc2ccccc2)[C@@H](O[C@H]2O[C@H](COCc3ccccc3)[C@@H](OCc3ccccc3)[C@H](OCc3ccccc3)[C@H]2OCc2ccccc2)[C@H]1OC(C)=O. The van der Waals surface area contributed by atoms with Crippen molar-refractivity contribution in [3.8, 4) is 0 Å². The van der Waals surface area contributed by atoms with E-state index in [1.54, 1.807) is 0 Å². The quantitative estimate of drug-likeness (QED) is 0.0437. The van der Waals surface area contributed by atoms with Gasteiger partial charge in [0.05, 0.1) is 45.7 Å². The fourth-order valence-electron chi connectivity index (χ4n) is 8.14. The minimum atomic E-state index is -1.11. The van der Waals surface area contributed by atoms with Gasteiger partial charge in [-0.1, -0.05) is 171 Å². The molecule has 0 spiro atoms. The van der Waals surface area contributed by atoms with Crippen LogP contribution in [0.3, 0.4) is 0 Å². The van der Waals surface area contributed by atoms with Gasteiger partial charge in [-0.05, 0) is 41.2 Å². The Hall–Kier alpha value is -4.79. The van der Waals surface area contributed by atoms with Crippen LogP contribution >= 0.6 is 0 Å². The van der Waals surface area contributed by atoms with Gasteiger partial charge in [-0.15, -0.1) is 0 Å². The maximum absolute atomic E-state index is 13.0. The summed E-state index contributed by atoms with van der Waals surface area (Å²) in [6, 6.07) is 49.8. The molecule has 2 saturated heterocycles. The van der Waals surface area contributed by atoms with Crippen LogP contribution in [0.1, 0.15) is 67.9 Å². The van der Waals surface area contributed by atoms with Crippen LogP contribution in [0, 0.1) is 0 Å². The number of carbonyl (C=O) groups is 1. The third kappa shape index (κ3) is 14.6. The number of unbranched alkanes of at least 4 members (excludes halogenated alkanes) is 2. The minimum absolute atomic E-state index is 0.138. The molecule has 2 fully saturated rings. The van der Waals surface area contributed by atoms with E-state index in [0.717, 1.165) is 47.1 Å². The van der Waals surface area contributed by atoms with Crippen LogP contribution < -0.4 is 0 Å². The molecular weight excluding hydrogens is 825 g/mol. The fraction of sp³-hybridized carbons (Fsp3) is 0.426. The molecule has 5 aromatic rings. The summed E-state index contributed by atoms with van der Waals surface area (Å²) in [5, 5.41) is 0. The van der Waals surface area contributed by atoms with E-state index in [1.165, 1.54) is 6.92 Å². The van der Waals surface area contributed by atoms with E-state index in [-0.39, 0.29) is 33.0 Å². The summed E-state index contributed by atoms with van der Waals surface area (Å²) in [6.45, 7) is 7.32. The van der Waals surface area contributed by atoms with Crippen LogP contribution in [-0.2, 0) is 85.2 Å². The molecule has 11 nitrogen and oxygen atoms in total. The molecule has 7 rings (SSSR count). The normalized spacial score (nSPS) is 25.5. The molecule has 5 aromatic carbocycles. The van der Waals surface area contributed by atoms with E-state index in [1.807, 2.05) is 159 Å². The van der Waals surface area contributed by atoms with Gasteiger partial charge in [-0.2, -0.15) is 0 Å². The Kier molecular flexibility index (Phi) is 19.1. The molecule has 0 saturated carbocycles. The second-order valence-corrected chi connectivity index (χ2v) is 16.6. The zero-order chi connectivity index (χ0) is 45.1. The molecule has 65 heavy (non-hydrogen) atoms. The van der Waals surface area contributed by atoms with Gasteiger partial charge in [-0.25, -0.2) is 0 Å². The zero-order valence-electron chi connectivity index (χ0n) is 37.8. The molecule has 0 unspecified atom stereocenters. The average molecular weight is 889 g/mol. The van der Waals surface area contributed by atoms with Crippen molar-refractivity contribution in [2.75, 3.05) is 13.2 Å². The maximum Gasteiger partial charge on any atom is 0.303 e. The summed E-state index contributed by atoms with van der Waals surface area (Å²) >= 11 is 0. The molecule has 0 radical (unpaired) electrons. The lowest BCUT2D eigenvalue weighted by atomic mass is 9.96. The van der Waals surface area contributed by atoms with Crippen molar-refractivity contribution in [3.63, 3.8) is 0 Å². The first-order valence-corrected chi connectivity index (χ1v) is 22.9. The second-order valence-electron chi connectivity index (χ2n) is 16.6. The zero-order valence-corrected chi connectivity index (χ0v) is 37.8. The molecule has 346 valence electrons. The van der Waals surface area contributed by atoms with Crippen molar-refractivity contribution < 1.29 is 52.2 Å². The Bertz CT molecular complexity index is 2060. The summed E-state index contributed by atoms with van der Waals surface area (Å²) in [4.78, 5) is 13.0. The van der Waals surface area contributed by atoms with Crippen molar-refractivity contribution in [1.29, 1.82) is 0 Å². The molecule has 11 heteroatoms. The van der Waals surface area contributed by atoms with Gasteiger partial charge in [0.2, 0.25) is 0 Å². The van der Waals surface area contributed by atoms with Gasteiger partial charge in [-0.3, -0.25) is 4.79 Å². The van der Waals surface area contributed by atoms with Crippen LogP contribution in [-0.4, -0.2) is 80.6 Å². The van der Waals surface area contributed by atoms with E-state index in [2.05, 4.69) is 6.92 Å². The third-order valence-electron chi connectivity index (χ3n) is 11.5. The molecule has 2 heterocycles. The van der Waals surface area contributed by atoms with Gasteiger partial charge < -0.3 is 47.4 Å². The van der Waals surface area contributed by atoms with Gasteiger partial charge in [0.15, 0.2) is 18.7 Å². The highest BCUT2D eigenvalue weighted by Crippen LogP contribution is 2.36. The van der Waals surface area contributed by atoms with Crippen LogP contribution in [0.25, 0.3) is 0 Å². The monoisotopic (exact) mass is 888 g/mol. The molecule has 0 aromatic heterocycles. The molecule has 2 aliphatic rings. The number of carbonyl (C=O) groups excluding carboxylic acids is 1. The number of hydrogen-bond acceptors (Lipinski definition) is 11. The predicted octanol–water partition coefficient (Wildman–Crippen LogP) is 9.54. The van der Waals surface area contributed by atoms with Gasteiger partial charge in [0, 0.05) is 13.5 Å². The third-order valence-corrected chi connectivity index (χ3v) is 11.5. The Labute approximate surface area is 384 Å². The predicted molar refractivity (Wildman–Crippen MR) is 245 cm³/mol. The van der Waals surface area contributed by atoms with Gasteiger partial charge in [0.1, 0.15) is 36.6 Å². The Balaban J connectivity index is 1.28. The number of esters is 1.